The van der Waals surface area contributed by atoms with Crippen LogP contribution in [0.2, 0.25) is 0 Å². The first kappa shape index (κ1) is 15.0. The predicted molar refractivity (Wildman–Crippen MR) is 79.1 cm³/mol. The topological polar surface area (TPSA) is 63.3 Å². The summed E-state index contributed by atoms with van der Waals surface area (Å²) in [4.78, 5) is 9.98. The summed E-state index contributed by atoms with van der Waals surface area (Å²) >= 11 is 1.69. The summed E-state index contributed by atoms with van der Waals surface area (Å²) in [5, 5.41) is 4.17. The first-order valence-corrected chi connectivity index (χ1v) is 7.41. The minimum Gasteiger partial charge on any atom is -0.370 e. The Morgan fingerprint density at radius 3 is 2.72 bits per heavy atom. The number of aryl methyl sites for hydroxylation is 2. The van der Waals surface area contributed by atoms with E-state index < -0.39 is 0 Å². The molecule has 102 valence electrons. The zero-order valence-corrected chi connectivity index (χ0v) is 12.4. The summed E-state index contributed by atoms with van der Waals surface area (Å²) in [6.45, 7) is 7.80. The van der Waals surface area contributed by atoms with Gasteiger partial charge in [-0.05, 0) is 20.3 Å². The van der Waals surface area contributed by atoms with Crippen LogP contribution in [0.15, 0.2) is 4.99 Å². The van der Waals surface area contributed by atoms with Crippen molar-refractivity contribution in [2.45, 2.75) is 53.0 Å². The zero-order chi connectivity index (χ0) is 13.4. The van der Waals surface area contributed by atoms with Crippen molar-refractivity contribution in [3.63, 3.8) is 0 Å². The highest BCUT2D eigenvalue weighted by molar-refractivity contribution is 7.11. The second-order valence-corrected chi connectivity index (χ2v) is 5.73. The summed E-state index contributed by atoms with van der Waals surface area (Å²) in [6.07, 6.45) is 4.95. The molecule has 0 radical (unpaired) electrons. The van der Waals surface area contributed by atoms with Crippen molar-refractivity contribution in [3.8, 4) is 0 Å². The highest BCUT2D eigenvalue weighted by Crippen LogP contribution is 2.16. The van der Waals surface area contributed by atoms with Gasteiger partial charge in [-0.1, -0.05) is 26.2 Å². The van der Waals surface area contributed by atoms with Gasteiger partial charge in [0, 0.05) is 11.4 Å². The van der Waals surface area contributed by atoms with Gasteiger partial charge in [-0.2, -0.15) is 0 Å². The summed E-state index contributed by atoms with van der Waals surface area (Å²) in [5.41, 5.74) is 6.89. The first-order chi connectivity index (χ1) is 8.63. The number of guanidine groups is 1. The van der Waals surface area contributed by atoms with E-state index in [1.165, 1.54) is 24.1 Å². The molecule has 5 heteroatoms. The number of aromatic nitrogens is 1. The number of unbranched alkanes of at least 4 members (excludes halogenated alkanes) is 3. The fourth-order valence-electron chi connectivity index (χ4n) is 1.58. The van der Waals surface area contributed by atoms with Gasteiger partial charge in [0.1, 0.15) is 5.01 Å². The largest absolute Gasteiger partial charge is 0.370 e. The van der Waals surface area contributed by atoms with Crippen LogP contribution in [-0.4, -0.2) is 17.5 Å². The molecule has 1 aromatic rings. The molecule has 0 saturated carbocycles. The lowest BCUT2D eigenvalue weighted by molar-refractivity contribution is 0.652. The van der Waals surface area contributed by atoms with E-state index in [1.807, 2.05) is 6.92 Å². The van der Waals surface area contributed by atoms with Crippen molar-refractivity contribution in [3.05, 3.63) is 15.6 Å². The van der Waals surface area contributed by atoms with Crippen molar-refractivity contribution >= 4 is 17.3 Å². The molecule has 0 unspecified atom stereocenters. The number of hydrogen-bond acceptors (Lipinski definition) is 3. The quantitative estimate of drug-likeness (QED) is 0.454. The molecule has 1 rings (SSSR count). The molecule has 0 saturated heterocycles. The molecule has 3 N–H and O–H groups in total. The van der Waals surface area contributed by atoms with Crippen LogP contribution in [0.5, 0.6) is 0 Å². The first-order valence-electron chi connectivity index (χ1n) is 6.60. The normalized spacial score (nSPS) is 11.8. The van der Waals surface area contributed by atoms with Gasteiger partial charge in [0.15, 0.2) is 5.96 Å². The van der Waals surface area contributed by atoms with Crippen molar-refractivity contribution in [2.24, 2.45) is 10.7 Å². The van der Waals surface area contributed by atoms with E-state index in [9.17, 15) is 0 Å². The molecule has 0 aromatic carbocycles. The Morgan fingerprint density at radius 2 is 2.11 bits per heavy atom. The molecular weight excluding hydrogens is 244 g/mol. The number of nitrogens with one attached hydrogen (secondary N) is 1. The van der Waals surface area contributed by atoms with Gasteiger partial charge in [0.05, 0.1) is 12.2 Å². The molecule has 0 amide bonds. The van der Waals surface area contributed by atoms with Crippen LogP contribution in [0.25, 0.3) is 0 Å². The lowest BCUT2D eigenvalue weighted by Crippen LogP contribution is -2.32. The summed E-state index contributed by atoms with van der Waals surface area (Å²) < 4.78 is 0. The average Bonchev–Trinajstić information content (AvgIpc) is 2.66. The van der Waals surface area contributed by atoms with Gasteiger partial charge in [-0.3, -0.25) is 0 Å². The van der Waals surface area contributed by atoms with Crippen molar-refractivity contribution in [1.29, 1.82) is 0 Å². The zero-order valence-electron chi connectivity index (χ0n) is 11.6. The minimum atomic E-state index is 0.525. The highest BCUT2D eigenvalue weighted by atomic mass is 32.1. The molecule has 1 aromatic heterocycles. The van der Waals surface area contributed by atoms with Crippen LogP contribution < -0.4 is 11.1 Å². The maximum atomic E-state index is 5.80. The Bertz CT molecular complexity index is 365. The fraction of sp³-hybridized carbons (Fsp3) is 0.692. The fourth-order valence-corrected chi connectivity index (χ4v) is 2.44. The van der Waals surface area contributed by atoms with E-state index in [4.69, 9.17) is 5.73 Å². The van der Waals surface area contributed by atoms with Gasteiger partial charge >= 0.3 is 0 Å². The smallest absolute Gasteiger partial charge is 0.189 e. The Hall–Kier alpha value is -1.10. The molecule has 4 nitrogen and oxygen atoms in total. The summed E-state index contributed by atoms with van der Waals surface area (Å²) in [5.74, 6) is 0.525. The number of hydrogen-bond donors (Lipinski definition) is 2. The molecule has 0 aliphatic heterocycles. The van der Waals surface area contributed by atoms with E-state index in [0.717, 1.165) is 23.7 Å². The molecule has 18 heavy (non-hydrogen) atoms. The number of thiazole rings is 1. The molecule has 1 heterocycles. The van der Waals surface area contributed by atoms with Gasteiger partial charge in [-0.25, -0.2) is 9.98 Å². The lowest BCUT2D eigenvalue weighted by atomic mass is 10.2. The van der Waals surface area contributed by atoms with Gasteiger partial charge in [-0.15, -0.1) is 11.3 Å². The van der Waals surface area contributed by atoms with E-state index >= 15 is 0 Å². The second kappa shape index (κ2) is 8.08. The lowest BCUT2D eigenvalue weighted by Gasteiger charge is -2.04. The molecule has 0 fully saturated rings. The molecule has 0 aliphatic carbocycles. The number of nitrogens with zero attached hydrogens (tertiary/aromatic N) is 2. The predicted octanol–water partition coefficient (Wildman–Crippen LogP) is 2.74. The monoisotopic (exact) mass is 268 g/mol. The van der Waals surface area contributed by atoms with Crippen LogP contribution in [0.3, 0.4) is 0 Å². The standard InChI is InChI=1S/C13H24N4S/c1-4-5-6-7-8-15-13(14)16-9-12-17-10(2)11(3)18-12/h4-9H2,1-3H3,(H3,14,15,16). The maximum absolute atomic E-state index is 5.80. The Morgan fingerprint density at radius 1 is 1.33 bits per heavy atom. The SMILES string of the molecule is CCCCCCNC(N)=NCc1nc(C)c(C)s1. The molecule has 0 bridgehead atoms. The molecule has 0 aliphatic rings. The van der Waals surface area contributed by atoms with Gasteiger partial charge in [0.2, 0.25) is 0 Å². The van der Waals surface area contributed by atoms with Crippen molar-refractivity contribution in [1.82, 2.24) is 10.3 Å². The van der Waals surface area contributed by atoms with Crippen molar-refractivity contribution in [2.75, 3.05) is 6.54 Å². The molecule has 0 atom stereocenters. The summed E-state index contributed by atoms with van der Waals surface area (Å²) in [7, 11) is 0. The van der Waals surface area contributed by atoms with E-state index in [-0.39, 0.29) is 0 Å². The van der Waals surface area contributed by atoms with Gasteiger partial charge < -0.3 is 11.1 Å². The Balaban J connectivity index is 2.24. The maximum Gasteiger partial charge on any atom is 0.189 e. The molecular formula is C13H24N4S. The van der Waals surface area contributed by atoms with Gasteiger partial charge in [0.25, 0.3) is 0 Å². The van der Waals surface area contributed by atoms with E-state index in [1.54, 1.807) is 11.3 Å². The average molecular weight is 268 g/mol. The van der Waals surface area contributed by atoms with Crippen LogP contribution in [0.4, 0.5) is 0 Å². The number of nitrogens with two attached hydrogens (primary N) is 1. The van der Waals surface area contributed by atoms with E-state index in [2.05, 4.69) is 29.1 Å². The third-order valence-corrected chi connectivity index (χ3v) is 3.85. The van der Waals surface area contributed by atoms with Crippen LogP contribution >= 0.6 is 11.3 Å². The van der Waals surface area contributed by atoms with Crippen LogP contribution in [-0.2, 0) is 6.54 Å². The second-order valence-electron chi connectivity index (χ2n) is 4.44. The number of rotatable bonds is 7. The van der Waals surface area contributed by atoms with E-state index in [0.29, 0.717) is 12.5 Å². The Kier molecular flexibility index (Phi) is 6.72. The Labute approximate surface area is 114 Å². The van der Waals surface area contributed by atoms with Crippen LogP contribution in [0.1, 0.15) is 48.2 Å². The van der Waals surface area contributed by atoms with Crippen LogP contribution in [0, 0.1) is 13.8 Å². The molecule has 0 spiro atoms. The number of aliphatic imine (C=N–C) groups is 1. The highest BCUT2D eigenvalue weighted by Gasteiger charge is 2.02. The third-order valence-electron chi connectivity index (χ3n) is 2.79. The third kappa shape index (κ3) is 5.49. The van der Waals surface area contributed by atoms with Crippen molar-refractivity contribution < 1.29 is 0 Å². The minimum absolute atomic E-state index is 0.525. The summed E-state index contributed by atoms with van der Waals surface area (Å²) in [6, 6.07) is 0.